The molecule has 5 nitrogen and oxygen atoms in total. The third-order valence-electron chi connectivity index (χ3n) is 3.98. The highest BCUT2D eigenvalue weighted by molar-refractivity contribution is 7.89. The first-order chi connectivity index (χ1) is 9.03. The van der Waals surface area contributed by atoms with Gasteiger partial charge in [0.15, 0.2) is 0 Å². The molecule has 0 bridgehead atoms. The molecular weight excluding hydrogens is 262 g/mol. The summed E-state index contributed by atoms with van der Waals surface area (Å²) < 4.78 is 27.4. The molecule has 2 aliphatic rings. The molecule has 0 aromatic heterocycles. The summed E-state index contributed by atoms with van der Waals surface area (Å²) >= 11 is 0. The monoisotopic (exact) mass is 277 g/mol. The summed E-state index contributed by atoms with van der Waals surface area (Å²) in [6, 6.07) is 6.73. The molecule has 2 fully saturated rings. The molecule has 1 aromatic rings. The van der Waals surface area contributed by atoms with Gasteiger partial charge in [-0.2, -0.15) is 5.26 Å². The van der Waals surface area contributed by atoms with Gasteiger partial charge in [0, 0.05) is 6.04 Å². The van der Waals surface area contributed by atoms with Crippen LogP contribution in [0.3, 0.4) is 0 Å². The first-order valence-corrected chi connectivity index (χ1v) is 7.75. The van der Waals surface area contributed by atoms with Crippen LogP contribution in [0.25, 0.3) is 0 Å². The molecule has 1 aromatic carbocycles. The van der Waals surface area contributed by atoms with E-state index in [1.165, 1.54) is 12.1 Å². The molecule has 2 unspecified atom stereocenters. The van der Waals surface area contributed by atoms with Gasteiger partial charge in [-0.3, -0.25) is 0 Å². The molecule has 6 heteroatoms. The summed E-state index contributed by atoms with van der Waals surface area (Å²) in [7, 11) is -3.48. The highest BCUT2D eigenvalue weighted by atomic mass is 32.2. The van der Waals surface area contributed by atoms with Crippen molar-refractivity contribution >= 4 is 10.0 Å². The quantitative estimate of drug-likeness (QED) is 0.836. The Bertz CT molecular complexity index is 653. The van der Waals surface area contributed by atoms with Crippen molar-refractivity contribution in [2.45, 2.75) is 17.9 Å². The zero-order chi connectivity index (χ0) is 13.6. The molecule has 100 valence electrons. The van der Waals surface area contributed by atoms with Crippen LogP contribution in [-0.2, 0) is 10.0 Å². The Morgan fingerprint density at radius 2 is 2.05 bits per heavy atom. The van der Waals surface area contributed by atoms with Crippen molar-refractivity contribution in [2.24, 2.45) is 11.8 Å². The van der Waals surface area contributed by atoms with Gasteiger partial charge in [0.05, 0.1) is 16.5 Å². The van der Waals surface area contributed by atoms with Gasteiger partial charge in [0.2, 0.25) is 10.0 Å². The van der Waals surface area contributed by atoms with E-state index >= 15 is 0 Å². The Labute approximate surface area is 112 Å². The maximum Gasteiger partial charge on any atom is 0.241 e. The Morgan fingerprint density at radius 3 is 2.63 bits per heavy atom. The normalized spacial score (nSPS) is 28.7. The van der Waals surface area contributed by atoms with E-state index in [2.05, 4.69) is 10.0 Å². The third-order valence-corrected chi connectivity index (χ3v) is 5.60. The fourth-order valence-corrected chi connectivity index (χ4v) is 4.42. The number of benzene rings is 1. The van der Waals surface area contributed by atoms with Crippen LogP contribution in [0.1, 0.15) is 11.1 Å². The lowest BCUT2D eigenvalue weighted by Gasteiger charge is -2.11. The van der Waals surface area contributed by atoms with Crippen molar-refractivity contribution in [1.29, 1.82) is 5.26 Å². The smallest absolute Gasteiger partial charge is 0.241 e. The highest BCUT2D eigenvalue weighted by Gasteiger charge is 2.54. The lowest BCUT2D eigenvalue weighted by molar-refractivity contribution is 0.564. The zero-order valence-electron chi connectivity index (χ0n) is 10.6. The Kier molecular flexibility index (Phi) is 2.86. The standard InChI is InChI=1S/C13H15N3O2S/c1-8-4-9(5-14)2-3-12(8)19(17,18)16-13-10-6-15-7-11(10)13/h2-4,10-11,13,15-16H,6-7H2,1H3. The van der Waals surface area contributed by atoms with Gasteiger partial charge in [-0.05, 0) is 55.6 Å². The van der Waals surface area contributed by atoms with Gasteiger partial charge in [0.1, 0.15) is 0 Å². The number of piperidine rings is 1. The van der Waals surface area contributed by atoms with Gasteiger partial charge in [-0.1, -0.05) is 0 Å². The molecule has 0 amide bonds. The average molecular weight is 277 g/mol. The van der Waals surface area contributed by atoms with Crippen molar-refractivity contribution in [3.05, 3.63) is 29.3 Å². The number of fused-ring (bicyclic) bond motifs is 1. The van der Waals surface area contributed by atoms with Crippen LogP contribution < -0.4 is 10.0 Å². The molecule has 2 N–H and O–H groups in total. The number of nitrogens with one attached hydrogen (secondary N) is 2. The number of aryl methyl sites for hydroxylation is 1. The van der Waals surface area contributed by atoms with Crippen LogP contribution in [0.4, 0.5) is 0 Å². The maximum absolute atomic E-state index is 12.3. The van der Waals surface area contributed by atoms with Gasteiger partial charge in [-0.25, -0.2) is 13.1 Å². The van der Waals surface area contributed by atoms with E-state index in [0.717, 1.165) is 13.1 Å². The minimum Gasteiger partial charge on any atom is -0.316 e. The largest absolute Gasteiger partial charge is 0.316 e. The summed E-state index contributed by atoms with van der Waals surface area (Å²) in [6.45, 7) is 3.50. The predicted molar refractivity (Wildman–Crippen MR) is 69.9 cm³/mol. The van der Waals surface area contributed by atoms with E-state index < -0.39 is 10.0 Å². The summed E-state index contributed by atoms with van der Waals surface area (Å²) in [5.74, 6) is 0.877. The zero-order valence-corrected chi connectivity index (χ0v) is 11.4. The van der Waals surface area contributed by atoms with E-state index in [0.29, 0.717) is 23.0 Å². The van der Waals surface area contributed by atoms with Crippen molar-refractivity contribution in [1.82, 2.24) is 10.0 Å². The van der Waals surface area contributed by atoms with Crippen molar-refractivity contribution in [3.63, 3.8) is 0 Å². The second-order valence-electron chi connectivity index (χ2n) is 5.23. The molecular formula is C13H15N3O2S. The number of nitrogens with zero attached hydrogens (tertiary/aromatic N) is 1. The summed E-state index contributed by atoms with van der Waals surface area (Å²) in [4.78, 5) is 0.268. The van der Waals surface area contributed by atoms with Crippen molar-refractivity contribution < 1.29 is 8.42 Å². The molecule has 1 heterocycles. The number of rotatable bonds is 3. The molecule has 2 atom stereocenters. The van der Waals surface area contributed by atoms with Crippen molar-refractivity contribution in [3.8, 4) is 6.07 Å². The minimum atomic E-state index is -3.48. The van der Waals surface area contributed by atoms with Crippen LogP contribution in [0, 0.1) is 30.1 Å². The van der Waals surface area contributed by atoms with Gasteiger partial charge in [-0.15, -0.1) is 0 Å². The Balaban J connectivity index is 1.83. The van der Waals surface area contributed by atoms with Crippen LogP contribution in [0.15, 0.2) is 23.1 Å². The van der Waals surface area contributed by atoms with E-state index in [1.54, 1.807) is 13.0 Å². The molecule has 1 saturated heterocycles. The topological polar surface area (TPSA) is 82.0 Å². The third kappa shape index (κ3) is 2.14. The second kappa shape index (κ2) is 4.30. The first-order valence-electron chi connectivity index (χ1n) is 6.27. The fourth-order valence-electron chi connectivity index (χ4n) is 2.86. The molecule has 0 radical (unpaired) electrons. The maximum atomic E-state index is 12.3. The summed E-state index contributed by atoms with van der Waals surface area (Å²) in [6.07, 6.45) is 0. The first kappa shape index (κ1) is 12.6. The lowest BCUT2D eigenvalue weighted by atomic mass is 10.2. The van der Waals surface area contributed by atoms with E-state index in [-0.39, 0.29) is 10.9 Å². The summed E-state index contributed by atoms with van der Waals surface area (Å²) in [5.41, 5.74) is 1.08. The van der Waals surface area contributed by atoms with E-state index in [4.69, 9.17) is 5.26 Å². The SMILES string of the molecule is Cc1cc(C#N)ccc1S(=O)(=O)NC1C2CNCC21. The van der Waals surface area contributed by atoms with Gasteiger partial charge in [0.25, 0.3) is 0 Å². The highest BCUT2D eigenvalue weighted by Crippen LogP contribution is 2.42. The van der Waals surface area contributed by atoms with E-state index in [9.17, 15) is 8.42 Å². The number of sulfonamides is 1. The van der Waals surface area contributed by atoms with Crippen molar-refractivity contribution in [2.75, 3.05) is 13.1 Å². The molecule has 1 aliphatic heterocycles. The van der Waals surface area contributed by atoms with Crippen LogP contribution in [0.5, 0.6) is 0 Å². The molecule has 0 spiro atoms. The average Bonchev–Trinajstić information content (AvgIpc) is 2.81. The summed E-state index contributed by atoms with van der Waals surface area (Å²) in [5, 5.41) is 12.0. The van der Waals surface area contributed by atoms with Gasteiger partial charge < -0.3 is 5.32 Å². The van der Waals surface area contributed by atoms with E-state index in [1.807, 2.05) is 6.07 Å². The molecule has 1 aliphatic carbocycles. The van der Waals surface area contributed by atoms with Crippen LogP contribution in [0.2, 0.25) is 0 Å². The Hall–Kier alpha value is -1.42. The molecule has 3 rings (SSSR count). The van der Waals surface area contributed by atoms with Crippen LogP contribution in [-0.4, -0.2) is 27.5 Å². The molecule has 1 saturated carbocycles. The Morgan fingerprint density at radius 1 is 1.37 bits per heavy atom. The predicted octanol–water partition coefficient (Wildman–Crippen LogP) is 0.363. The number of hydrogen-bond acceptors (Lipinski definition) is 4. The lowest BCUT2D eigenvalue weighted by Crippen LogP contribution is -2.32. The van der Waals surface area contributed by atoms with Gasteiger partial charge >= 0.3 is 0 Å². The molecule has 19 heavy (non-hydrogen) atoms. The minimum absolute atomic E-state index is 0.0706. The number of hydrogen-bond donors (Lipinski definition) is 2. The number of nitriles is 1. The van der Waals surface area contributed by atoms with Crippen LogP contribution >= 0.6 is 0 Å². The second-order valence-corrected chi connectivity index (χ2v) is 6.91. The fraction of sp³-hybridized carbons (Fsp3) is 0.462.